The van der Waals surface area contributed by atoms with Crippen molar-refractivity contribution in [1.29, 1.82) is 0 Å². The van der Waals surface area contributed by atoms with Crippen molar-refractivity contribution < 1.29 is 35.1 Å². The quantitative estimate of drug-likeness (QED) is 0.195. The van der Waals surface area contributed by atoms with Gasteiger partial charge in [-0.2, -0.15) is 17.7 Å². The number of rotatable bonds is 0. The number of hydrogen-bond acceptors (Lipinski definition) is 3. The van der Waals surface area contributed by atoms with Crippen LogP contribution in [0.3, 0.4) is 0 Å². The average Bonchev–Trinajstić information content (AvgIpc) is 2.97. The molecule has 148 valence electrons. The summed E-state index contributed by atoms with van der Waals surface area (Å²) in [6.07, 6.45) is 0. The first-order valence-corrected chi connectivity index (χ1v) is 9.40. The minimum absolute atomic E-state index is 0.248. The van der Waals surface area contributed by atoms with Crippen LogP contribution in [0.1, 0.15) is 0 Å². The number of para-hydroxylation sites is 1. The summed E-state index contributed by atoms with van der Waals surface area (Å²) in [5.41, 5.74) is -1.98. The molecule has 11 heteroatoms. The van der Waals surface area contributed by atoms with E-state index in [0.29, 0.717) is 5.02 Å². The van der Waals surface area contributed by atoms with E-state index in [4.69, 9.17) is 24.6 Å². The van der Waals surface area contributed by atoms with Crippen LogP contribution < -0.4 is 4.57 Å². The molecule has 0 unspecified atom stereocenters. The number of aromatic amines is 1. The highest BCUT2D eigenvalue weighted by Gasteiger charge is 2.36. The number of nitrogens with one attached hydrogen (secondary N) is 1. The molecule has 2 aromatic heterocycles. The van der Waals surface area contributed by atoms with Crippen LogP contribution in [0.4, 0.5) is 17.6 Å². The van der Waals surface area contributed by atoms with E-state index in [-0.39, 0.29) is 5.82 Å². The van der Waals surface area contributed by atoms with Gasteiger partial charge < -0.3 is 9.54 Å². The fourth-order valence-corrected chi connectivity index (χ4v) is 3.16. The van der Waals surface area contributed by atoms with Gasteiger partial charge in [-0.25, -0.2) is 12.8 Å². The third-order valence-corrected chi connectivity index (χ3v) is 5.03. The molecule has 5 nitrogen and oxygen atoms in total. The second kappa shape index (κ2) is 6.87. The second-order valence-corrected chi connectivity index (χ2v) is 7.58. The number of aromatic nitrogens is 2. The second-order valence-electron chi connectivity index (χ2n) is 5.83. The number of hydrogen-bond donors (Lipinski definition) is 1. The van der Waals surface area contributed by atoms with Crippen molar-refractivity contribution >= 4 is 54.6 Å². The van der Waals surface area contributed by atoms with E-state index < -0.39 is 15.6 Å². The molecule has 0 bridgehead atoms. The van der Waals surface area contributed by atoms with Crippen LogP contribution in [-0.4, -0.2) is 23.5 Å². The number of fused-ring (bicyclic) bond motifs is 4. The average molecular weight is 435 g/mol. The zero-order valence-corrected chi connectivity index (χ0v) is 15.6. The fourth-order valence-electron chi connectivity index (χ4n) is 2.86. The van der Waals surface area contributed by atoms with Crippen molar-refractivity contribution in [2.24, 2.45) is 7.05 Å². The van der Waals surface area contributed by atoms with Crippen LogP contribution in [0.25, 0.3) is 32.8 Å². The number of pyridine rings is 1. The Kier molecular flexibility index (Phi) is 4.98. The Morgan fingerprint density at radius 1 is 1.11 bits per heavy atom. The monoisotopic (exact) mass is 434 g/mol. The topological polar surface area (TPSA) is 76.9 Å². The summed E-state index contributed by atoms with van der Waals surface area (Å²) in [6.45, 7) is 0. The Balaban J connectivity index is 0.000000242. The third kappa shape index (κ3) is 3.50. The Morgan fingerprint density at radius 3 is 2.32 bits per heavy atom. The molecule has 2 heterocycles. The molecule has 0 amide bonds. The lowest BCUT2D eigenvalue weighted by Gasteiger charge is -2.08. The van der Waals surface area contributed by atoms with Crippen LogP contribution in [0.2, 0.25) is 5.02 Å². The Bertz CT molecular complexity index is 1320. The first-order valence-electron chi connectivity index (χ1n) is 7.61. The molecule has 2 aromatic carbocycles. The summed E-state index contributed by atoms with van der Waals surface area (Å²) in [5, 5.41) is 2.50. The third-order valence-electron chi connectivity index (χ3n) is 4.07. The molecular weight excluding hydrogens is 424 g/mol. The largest absolute Gasteiger partial charge is 0.741 e. The van der Waals surface area contributed by atoms with E-state index >= 15 is 0 Å². The van der Waals surface area contributed by atoms with Gasteiger partial charge in [0.1, 0.15) is 18.4 Å². The first kappa shape index (κ1) is 20.3. The molecule has 0 saturated carbocycles. The van der Waals surface area contributed by atoms with Gasteiger partial charge in [-0.15, -0.1) is 0 Å². The molecule has 4 aromatic rings. The summed E-state index contributed by atoms with van der Waals surface area (Å²) in [4.78, 5) is 3.29. The van der Waals surface area contributed by atoms with Gasteiger partial charge in [0.05, 0.1) is 21.3 Å². The maximum absolute atomic E-state index is 13.5. The Morgan fingerprint density at radius 2 is 1.71 bits per heavy atom. The van der Waals surface area contributed by atoms with E-state index in [1.54, 1.807) is 12.1 Å². The van der Waals surface area contributed by atoms with Crippen LogP contribution in [0.15, 0.2) is 42.5 Å². The molecule has 28 heavy (non-hydrogen) atoms. The van der Waals surface area contributed by atoms with Gasteiger partial charge >= 0.3 is 5.51 Å². The zero-order valence-electron chi connectivity index (χ0n) is 14.0. The van der Waals surface area contributed by atoms with Crippen molar-refractivity contribution in [1.82, 2.24) is 4.98 Å². The SMILES string of the molecule is C[n+]1c2ccccc2c(Cl)c2[nH]c3ccc(F)cc3c21.O=S(=O)([O-])C(F)(F)F. The summed E-state index contributed by atoms with van der Waals surface area (Å²) in [5.74, 6) is -0.248. The Hall–Kier alpha value is -2.43. The highest BCUT2D eigenvalue weighted by Crippen LogP contribution is 2.33. The number of aryl methyl sites for hydroxylation is 1. The lowest BCUT2D eigenvalue weighted by atomic mass is 10.1. The lowest BCUT2D eigenvalue weighted by Crippen LogP contribution is -2.29. The summed E-state index contributed by atoms with van der Waals surface area (Å²) >= 11 is 6.52. The van der Waals surface area contributed by atoms with Gasteiger partial charge in [0.15, 0.2) is 10.1 Å². The van der Waals surface area contributed by atoms with Crippen molar-refractivity contribution in [3.05, 3.63) is 53.3 Å². The molecule has 0 aliphatic rings. The van der Waals surface area contributed by atoms with E-state index in [1.807, 2.05) is 31.3 Å². The summed E-state index contributed by atoms with van der Waals surface area (Å²) in [7, 11) is -4.12. The highest BCUT2D eigenvalue weighted by atomic mass is 35.5. The van der Waals surface area contributed by atoms with Gasteiger partial charge in [0.2, 0.25) is 11.0 Å². The summed E-state index contributed by atoms with van der Waals surface area (Å²) in [6, 6.07) is 12.7. The van der Waals surface area contributed by atoms with Gasteiger partial charge in [0.25, 0.3) is 0 Å². The first-order chi connectivity index (χ1) is 12.9. The van der Waals surface area contributed by atoms with Gasteiger partial charge in [-0.3, -0.25) is 0 Å². The highest BCUT2D eigenvalue weighted by molar-refractivity contribution is 7.86. The van der Waals surface area contributed by atoms with E-state index in [9.17, 15) is 17.6 Å². The molecule has 1 N–H and O–H groups in total. The molecule has 0 aliphatic carbocycles. The molecule has 4 rings (SSSR count). The van der Waals surface area contributed by atoms with Crippen LogP contribution in [-0.2, 0) is 17.2 Å². The molecule has 0 fully saturated rings. The fraction of sp³-hybridized carbons (Fsp3) is 0.118. The van der Waals surface area contributed by atoms with Crippen LogP contribution in [0, 0.1) is 5.82 Å². The normalized spacial score (nSPS) is 12.4. The predicted octanol–water partition coefficient (Wildman–Crippen LogP) is 4.14. The maximum Gasteiger partial charge on any atom is 0.485 e. The molecule has 0 spiro atoms. The molecular formula is C17H11ClF4N2O3S. The van der Waals surface area contributed by atoms with Crippen molar-refractivity contribution in [2.75, 3.05) is 0 Å². The number of H-pyrrole nitrogens is 1. The maximum atomic E-state index is 13.5. The van der Waals surface area contributed by atoms with Crippen molar-refractivity contribution in [3.63, 3.8) is 0 Å². The Labute approximate surface area is 160 Å². The number of alkyl halides is 3. The lowest BCUT2D eigenvalue weighted by molar-refractivity contribution is -0.616. The van der Waals surface area contributed by atoms with Crippen molar-refractivity contribution in [2.45, 2.75) is 5.51 Å². The number of nitrogens with zero attached hydrogens (tertiary/aromatic N) is 1. The minimum atomic E-state index is -6.09. The predicted molar refractivity (Wildman–Crippen MR) is 95.2 cm³/mol. The number of halogens is 5. The van der Waals surface area contributed by atoms with Gasteiger partial charge in [-0.05, 0) is 24.3 Å². The molecule has 0 aliphatic heterocycles. The van der Waals surface area contributed by atoms with Gasteiger partial charge in [0, 0.05) is 6.07 Å². The van der Waals surface area contributed by atoms with Crippen LogP contribution in [0.5, 0.6) is 0 Å². The number of benzene rings is 2. The van der Waals surface area contributed by atoms with Crippen molar-refractivity contribution in [3.8, 4) is 0 Å². The summed E-state index contributed by atoms with van der Waals surface area (Å²) < 4.78 is 74.5. The molecule has 0 saturated heterocycles. The van der Waals surface area contributed by atoms with Gasteiger partial charge in [-0.1, -0.05) is 23.7 Å². The standard InChI is InChI=1S/C16H10ClFN2.CHF3O3S/c1-20-13-5-3-2-4-10(13)14(17)15-16(20)11-8-9(18)6-7-12(11)19-15;2-1(3,4)8(5,6)7/h2-8H,1H3;(H,5,6,7). The molecule has 0 atom stereocenters. The van der Waals surface area contributed by atoms with E-state index in [1.165, 1.54) is 6.07 Å². The zero-order chi connectivity index (χ0) is 20.9. The molecule has 0 radical (unpaired) electrons. The van der Waals surface area contributed by atoms with Crippen LogP contribution >= 0.6 is 11.6 Å². The van der Waals surface area contributed by atoms with E-state index in [2.05, 4.69) is 9.55 Å². The van der Waals surface area contributed by atoms with E-state index in [0.717, 1.165) is 32.8 Å². The minimum Gasteiger partial charge on any atom is -0.741 e. The smallest absolute Gasteiger partial charge is 0.485 e.